The van der Waals surface area contributed by atoms with Gasteiger partial charge in [-0.1, -0.05) is 245 Å². The second kappa shape index (κ2) is 46.0. The maximum absolute atomic E-state index is 13.2. The summed E-state index contributed by atoms with van der Waals surface area (Å²) in [5.41, 5.74) is 0. The molecule has 0 aromatic rings. The summed E-state index contributed by atoms with van der Waals surface area (Å²) in [5, 5.41) is 0. The molecular weight excluding hydrogens is 703 g/mol. The molecule has 0 aliphatic carbocycles. The van der Waals surface area contributed by atoms with Crippen molar-refractivity contribution >= 4 is 11.9 Å². The van der Waals surface area contributed by atoms with E-state index < -0.39 is 6.04 Å². The molecule has 0 bridgehead atoms. The Bertz CT molecular complexity index is 788. The number of nitrogens with zero attached hydrogens (tertiary/aromatic N) is 1. The zero-order chi connectivity index (χ0) is 41.7. The highest BCUT2D eigenvalue weighted by molar-refractivity contribution is 5.77. The quantitative estimate of drug-likeness (QED) is 0.0453. The average molecular weight is 806 g/mol. The van der Waals surface area contributed by atoms with Crippen LogP contribution in [-0.4, -0.2) is 49.7 Å². The lowest BCUT2D eigenvalue weighted by atomic mass is 10.0. The van der Waals surface area contributed by atoms with Crippen LogP contribution in [0.2, 0.25) is 0 Å². The van der Waals surface area contributed by atoms with Gasteiger partial charge in [0.2, 0.25) is 0 Å². The monoisotopic (exact) mass is 806 g/mol. The minimum atomic E-state index is -0.407. The molecule has 0 N–H and O–H groups in total. The van der Waals surface area contributed by atoms with E-state index in [0.29, 0.717) is 13.0 Å². The van der Waals surface area contributed by atoms with Crippen LogP contribution in [0.5, 0.6) is 0 Å². The van der Waals surface area contributed by atoms with Crippen LogP contribution in [0.1, 0.15) is 290 Å². The third-order valence-corrected chi connectivity index (χ3v) is 12.3. The number of esters is 2. The lowest BCUT2D eigenvalue weighted by molar-refractivity contribution is -0.152. The third kappa shape index (κ3) is 41.4. The van der Waals surface area contributed by atoms with Gasteiger partial charge in [-0.05, 0) is 52.6 Å². The highest BCUT2D eigenvalue weighted by Gasteiger charge is 2.24. The topological polar surface area (TPSA) is 55.8 Å². The second-order valence-electron chi connectivity index (χ2n) is 18.2. The van der Waals surface area contributed by atoms with E-state index in [0.717, 1.165) is 38.5 Å². The van der Waals surface area contributed by atoms with E-state index in [1.807, 2.05) is 19.0 Å². The van der Waals surface area contributed by atoms with E-state index in [1.54, 1.807) is 0 Å². The summed E-state index contributed by atoms with van der Waals surface area (Å²) >= 11 is 0. The lowest BCUT2D eigenvalue weighted by Gasteiger charge is -2.23. The number of likely N-dealkylation sites (N-methyl/N-ethyl adjacent to an activating group) is 1. The molecule has 0 aromatic heterocycles. The zero-order valence-corrected chi connectivity index (χ0v) is 39.6. The van der Waals surface area contributed by atoms with Crippen molar-refractivity contribution in [1.82, 2.24) is 4.90 Å². The Labute approximate surface area is 358 Å². The minimum Gasteiger partial charge on any atom is -0.465 e. The molecule has 5 nitrogen and oxygen atoms in total. The van der Waals surface area contributed by atoms with Crippen molar-refractivity contribution in [2.75, 3.05) is 20.7 Å². The van der Waals surface area contributed by atoms with Crippen molar-refractivity contribution in [1.29, 1.82) is 0 Å². The number of rotatable bonds is 47. The number of hydrogen-bond donors (Lipinski definition) is 0. The molecule has 57 heavy (non-hydrogen) atoms. The first-order valence-electron chi connectivity index (χ1n) is 26.0. The summed E-state index contributed by atoms with van der Waals surface area (Å²) in [5.74, 6) is -0.350. The normalized spacial score (nSPS) is 12.2. The SMILES string of the molecule is CCCCCCCCCCCCCCCCOC(=O)C(CCC(=O)OC(CCCCCCCCCCCCCC)CCCCCCCCCCCCCC)N(C)C. The highest BCUT2D eigenvalue weighted by Crippen LogP contribution is 2.20. The van der Waals surface area contributed by atoms with E-state index in [1.165, 1.54) is 218 Å². The lowest BCUT2D eigenvalue weighted by Crippen LogP contribution is -2.38. The first kappa shape index (κ1) is 55.9. The molecule has 1 atom stereocenters. The fourth-order valence-electron chi connectivity index (χ4n) is 8.34. The van der Waals surface area contributed by atoms with E-state index in [2.05, 4.69) is 20.8 Å². The Hall–Kier alpha value is -1.10. The molecule has 0 aliphatic rings. The molecular formula is C52H103NO4. The van der Waals surface area contributed by atoms with Gasteiger partial charge < -0.3 is 9.47 Å². The van der Waals surface area contributed by atoms with Crippen LogP contribution in [0, 0.1) is 0 Å². The predicted octanol–water partition coefficient (Wildman–Crippen LogP) is 16.8. The van der Waals surface area contributed by atoms with Gasteiger partial charge in [-0.2, -0.15) is 0 Å². The van der Waals surface area contributed by atoms with E-state index in [-0.39, 0.29) is 24.5 Å². The molecule has 0 rings (SSSR count). The molecule has 0 amide bonds. The maximum atomic E-state index is 13.2. The van der Waals surface area contributed by atoms with Gasteiger partial charge in [0.05, 0.1) is 6.61 Å². The number of carbonyl (C=O) groups excluding carboxylic acids is 2. The Morgan fingerprint density at radius 1 is 0.386 bits per heavy atom. The summed E-state index contributed by atoms with van der Waals surface area (Å²) in [6, 6.07) is -0.407. The molecule has 0 aliphatic heterocycles. The van der Waals surface area contributed by atoms with Crippen LogP contribution in [0.25, 0.3) is 0 Å². The predicted molar refractivity (Wildman–Crippen MR) is 249 cm³/mol. The second-order valence-corrected chi connectivity index (χ2v) is 18.2. The van der Waals surface area contributed by atoms with Crippen molar-refractivity contribution in [2.45, 2.75) is 303 Å². The van der Waals surface area contributed by atoms with Gasteiger partial charge in [0.25, 0.3) is 0 Å². The van der Waals surface area contributed by atoms with Crippen molar-refractivity contribution in [2.24, 2.45) is 0 Å². The summed E-state index contributed by atoms with van der Waals surface area (Å²) in [6.07, 6.45) is 53.2. The van der Waals surface area contributed by atoms with Crippen molar-refractivity contribution in [3.8, 4) is 0 Å². The van der Waals surface area contributed by atoms with Gasteiger partial charge in [-0.15, -0.1) is 0 Å². The van der Waals surface area contributed by atoms with Crippen LogP contribution in [0.15, 0.2) is 0 Å². The molecule has 0 fully saturated rings. The molecule has 340 valence electrons. The molecule has 0 saturated carbocycles. The first-order valence-corrected chi connectivity index (χ1v) is 26.0. The molecule has 0 heterocycles. The molecule has 5 heteroatoms. The van der Waals surface area contributed by atoms with Crippen molar-refractivity contribution < 1.29 is 19.1 Å². The maximum Gasteiger partial charge on any atom is 0.323 e. The Kier molecular flexibility index (Phi) is 45.1. The Balaban J connectivity index is 4.42. The van der Waals surface area contributed by atoms with Crippen molar-refractivity contribution in [3.63, 3.8) is 0 Å². The van der Waals surface area contributed by atoms with E-state index >= 15 is 0 Å². The molecule has 0 spiro atoms. The molecule has 0 aromatic carbocycles. The van der Waals surface area contributed by atoms with E-state index in [9.17, 15) is 9.59 Å². The molecule has 1 unspecified atom stereocenters. The molecule has 0 radical (unpaired) electrons. The number of hydrogen-bond acceptors (Lipinski definition) is 5. The highest BCUT2D eigenvalue weighted by atomic mass is 16.5. The standard InChI is InChI=1S/C52H103NO4/c1-6-9-12-15-18-21-24-27-28-31-34-37-40-43-48-56-52(55)50(53(4)5)46-47-51(54)57-49(44-41-38-35-32-29-25-22-19-16-13-10-7-2)45-42-39-36-33-30-26-23-20-17-14-11-8-3/h49-50H,6-48H2,1-5H3. The van der Waals surface area contributed by atoms with Crippen LogP contribution in [0.4, 0.5) is 0 Å². The number of unbranched alkanes of at least 4 members (excludes halogenated alkanes) is 35. The Morgan fingerprint density at radius 2 is 0.667 bits per heavy atom. The van der Waals surface area contributed by atoms with Gasteiger partial charge in [-0.3, -0.25) is 14.5 Å². The minimum absolute atomic E-state index is 0.00817. The van der Waals surface area contributed by atoms with Crippen LogP contribution in [0.3, 0.4) is 0 Å². The fourth-order valence-corrected chi connectivity index (χ4v) is 8.34. The number of carbonyl (C=O) groups is 2. The van der Waals surface area contributed by atoms with Gasteiger partial charge >= 0.3 is 11.9 Å². The largest absolute Gasteiger partial charge is 0.465 e. The average Bonchev–Trinajstić information content (AvgIpc) is 3.19. The first-order chi connectivity index (χ1) is 28.0. The summed E-state index contributed by atoms with van der Waals surface area (Å²) in [7, 11) is 3.82. The number of ether oxygens (including phenoxy) is 2. The summed E-state index contributed by atoms with van der Waals surface area (Å²) in [6.45, 7) is 7.33. The Morgan fingerprint density at radius 3 is 0.965 bits per heavy atom. The van der Waals surface area contributed by atoms with Gasteiger partial charge in [0.1, 0.15) is 12.1 Å². The van der Waals surface area contributed by atoms with Crippen molar-refractivity contribution in [3.05, 3.63) is 0 Å². The third-order valence-electron chi connectivity index (χ3n) is 12.3. The fraction of sp³-hybridized carbons (Fsp3) is 0.962. The van der Waals surface area contributed by atoms with Gasteiger partial charge in [0, 0.05) is 6.42 Å². The van der Waals surface area contributed by atoms with Gasteiger partial charge in [-0.25, -0.2) is 0 Å². The zero-order valence-electron chi connectivity index (χ0n) is 39.6. The van der Waals surface area contributed by atoms with Crippen LogP contribution < -0.4 is 0 Å². The van der Waals surface area contributed by atoms with E-state index in [4.69, 9.17) is 9.47 Å². The summed E-state index contributed by atoms with van der Waals surface area (Å²) < 4.78 is 11.8. The smallest absolute Gasteiger partial charge is 0.323 e. The van der Waals surface area contributed by atoms with Crippen LogP contribution in [-0.2, 0) is 19.1 Å². The van der Waals surface area contributed by atoms with Gasteiger partial charge in [0.15, 0.2) is 0 Å². The van der Waals surface area contributed by atoms with Crippen LogP contribution >= 0.6 is 0 Å². The summed E-state index contributed by atoms with van der Waals surface area (Å²) in [4.78, 5) is 28.1. The molecule has 0 saturated heterocycles.